The number of rotatable bonds is 0. The van der Waals surface area contributed by atoms with E-state index in [2.05, 4.69) is 0 Å². The van der Waals surface area contributed by atoms with Crippen molar-refractivity contribution in [3.63, 3.8) is 0 Å². The molecule has 0 bridgehead atoms. The molecular formula is C15H26F2N2O4. The van der Waals surface area contributed by atoms with Gasteiger partial charge in [0.15, 0.2) is 0 Å². The van der Waals surface area contributed by atoms with Crippen LogP contribution in [0, 0.1) is 0 Å². The number of nitrogens with zero attached hydrogens (tertiary/aromatic N) is 2. The van der Waals surface area contributed by atoms with Gasteiger partial charge in [-0.05, 0) is 41.5 Å². The van der Waals surface area contributed by atoms with Gasteiger partial charge in [0, 0.05) is 13.1 Å². The fourth-order valence-corrected chi connectivity index (χ4v) is 1.97. The van der Waals surface area contributed by atoms with Crippen LogP contribution in [-0.4, -0.2) is 65.3 Å². The molecule has 0 aliphatic carbocycles. The average Bonchev–Trinajstić information content (AvgIpc) is 2.43. The molecule has 0 aromatic rings. The molecular weight excluding hydrogens is 310 g/mol. The molecule has 8 heteroatoms. The first-order valence-corrected chi connectivity index (χ1v) is 7.52. The lowest BCUT2D eigenvalue weighted by Crippen LogP contribution is -2.45. The zero-order chi connectivity index (χ0) is 18.1. The lowest BCUT2D eigenvalue weighted by atomic mass is 10.2. The maximum atomic E-state index is 14.1. The zero-order valence-corrected chi connectivity index (χ0v) is 14.6. The highest BCUT2D eigenvalue weighted by atomic mass is 19.3. The van der Waals surface area contributed by atoms with E-state index in [0.717, 1.165) is 9.80 Å². The standard InChI is InChI=1S/C15H26F2N2O4/c1-13(2,3)22-11(20)18-7-8-19(10-15(16,17)9-18)12(21)23-14(4,5)6/h7-10H2,1-6H3. The summed E-state index contributed by atoms with van der Waals surface area (Å²) in [5.74, 6) is -3.23. The van der Waals surface area contributed by atoms with Crippen LogP contribution < -0.4 is 0 Å². The van der Waals surface area contributed by atoms with Crippen molar-refractivity contribution in [2.45, 2.75) is 58.7 Å². The van der Waals surface area contributed by atoms with Gasteiger partial charge in [0.05, 0.1) is 13.1 Å². The molecule has 0 aromatic carbocycles. The Morgan fingerprint density at radius 3 is 1.39 bits per heavy atom. The number of hydrogen-bond donors (Lipinski definition) is 0. The minimum atomic E-state index is -3.23. The topological polar surface area (TPSA) is 59.1 Å². The van der Waals surface area contributed by atoms with Gasteiger partial charge in [-0.2, -0.15) is 0 Å². The number of ether oxygens (including phenoxy) is 2. The van der Waals surface area contributed by atoms with Crippen LogP contribution in [0.25, 0.3) is 0 Å². The third kappa shape index (κ3) is 7.00. The Morgan fingerprint density at radius 1 is 0.826 bits per heavy atom. The third-order valence-electron chi connectivity index (χ3n) is 2.79. The number of carbonyl (C=O) groups is 2. The number of alkyl halides is 2. The molecule has 0 aromatic heterocycles. The second-order valence-electron chi connectivity index (χ2n) is 7.66. The summed E-state index contributed by atoms with van der Waals surface area (Å²) in [5.41, 5.74) is -1.55. The minimum Gasteiger partial charge on any atom is -0.444 e. The fourth-order valence-electron chi connectivity index (χ4n) is 1.97. The Morgan fingerprint density at radius 2 is 1.13 bits per heavy atom. The maximum Gasteiger partial charge on any atom is 0.410 e. The molecule has 1 aliphatic rings. The average molecular weight is 336 g/mol. The first-order valence-electron chi connectivity index (χ1n) is 7.52. The largest absolute Gasteiger partial charge is 0.444 e. The summed E-state index contributed by atoms with van der Waals surface area (Å²) in [7, 11) is 0. The molecule has 1 heterocycles. The molecule has 2 amide bonds. The molecule has 1 saturated heterocycles. The van der Waals surface area contributed by atoms with Crippen molar-refractivity contribution in [2.75, 3.05) is 26.2 Å². The molecule has 0 atom stereocenters. The number of amides is 2. The van der Waals surface area contributed by atoms with Crippen molar-refractivity contribution in [3.8, 4) is 0 Å². The molecule has 0 N–H and O–H groups in total. The zero-order valence-electron chi connectivity index (χ0n) is 14.6. The van der Waals surface area contributed by atoms with Crippen molar-refractivity contribution >= 4 is 12.2 Å². The number of carbonyl (C=O) groups excluding carboxylic acids is 2. The van der Waals surface area contributed by atoms with Gasteiger partial charge in [-0.15, -0.1) is 0 Å². The predicted octanol–water partition coefficient (Wildman–Crippen LogP) is 3.11. The van der Waals surface area contributed by atoms with E-state index in [9.17, 15) is 18.4 Å². The van der Waals surface area contributed by atoms with Crippen LogP contribution in [0.15, 0.2) is 0 Å². The summed E-state index contributed by atoms with van der Waals surface area (Å²) >= 11 is 0. The molecule has 23 heavy (non-hydrogen) atoms. The summed E-state index contributed by atoms with van der Waals surface area (Å²) in [6, 6.07) is 0. The predicted molar refractivity (Wildman–Crippen MR) is 80.6 cm³/mol. The molecule has 1 rings (SSSR count). The molecule has 1 fully saturated rings. The van der Waals surface area contributed by atoms with E-state index < -0.39 is 42.4 Å². The first-order chi connectivity index (χ1) is 10.2. The highest BCUT2D eigenvalue weighted by Crippen LogP contribution is 2.23. The molecule has 0 spiro atoms. The van der Waals surface area contributed by atoms with Gasteiger partial charge in [-0.1, -0.05) is 0 Å². The van der Waals surface area contributed by atoms with Gasteiger partial charge in [-0.3, -0.25) is 0 Å². The van der Waals surface area contributed by atoms with Crippen LogP contribution in [-0.2, 0) is 9.47 Å². The summed E-state index contributed by atoms with van der Waals surface area (Å²) in [6.07, 6.45) is -1.63. The van der Waals surface area contributed by atoms with Crippen LogP contribution in [0.5, 0.6) is 0 Å². The summed E-state index contributed by atoms with van der Waals surface area (Å²) in [4.78, 5) is 25.8. The molecule has 1 aliphatic heterocycles. The summed E-state index contributed by atoms with van der Waals surface area (Å²) in [5, 5.41) is 0. The van der Waals surface area contributed by atoms with Crippen molar-refractivity contribution in [1.82, 2.24) is 9.80 Å². The van der Waals surface area contributed by atoms with E-state index in [1.54, 1.807) is 41.5 Å². The summed E-state index contributed by atoms with van der Waals surface area (Å²) in [6.45, 7) is 8.31. The van der Waals surface area contributed by atoms with Crippen molar-refractivity contribution in [2.24, 2.45) is 0 Å². The van der Waals surface area contributed by atoms with Gasteiger partial charge in [0.1, 0.15) is 11.2 Å². The fraction of sp³-hybridized carbons (Fsp3) is 0.867. The first kappa shape index (κ1) is 19.4. The van der Waals surface area contributed by atoms with Crippen LogP contribution in [0.4, 0.5) is 18.4 Å². The summed E-state index contributed by atoms with van der Waals surface area (Å²) < 4.78 is 38.3. The Labute approximate surface area is 135 Å². The second-order valence-corrected chi connectivity index (χ2v) is 7.66. The smallest absolute Gasteiger partial charge is 0.410 e. The highest BCUT2D eigenvalue weighted by Gasteiger charge is 2.42. The Balaban J connectivity index is 2.80. The van der Waals surface area contributed by atoms with Crippen LogP contribution in [0.1, 0.15) is 41.5 Å². The minimum absolute atomic E-state index is 0.0380. The molecule has 134 valence electrons. The third-order valence-corrected chi connectivity index (χ3v) is 2.79. The van der Waals surface area contributed by atoms with E-state index >= 15 is 0 Å². The molecule has 0 saturated carbocycles. The van der Waals surface area contributed by atoms with E-state index in [-0.39, 0.29) is 13.1 Å². The van der Waals surface area contributed by atoms with E-state index in [0.29, 0.717) is 0 Å². The van der Waals surface area contributed by atoms with Crippen molar-refractivity contribution in [3.05, 3.63) is 0 Å². The van der Waals surface area contributed by atoms with Crippen LogP contribution in [0.3, 0.4) is 0 Å². The lowest BCUT2D eigenvalue weighted by Gasteiger charge is -2.27. The Kier molecular flexibility index (Phi) is 5.49. The second kappa shape index (κ2) is 6.49. The van der Waals surface area contributed by atoms with Gasteiger partial charge in [0.2, 0.25) is 0 Å². The molecule has 6 nitrogen and oxygen atoms in total. The van der Waals surface area contributed by atoms with E-state index in [1.165, 1.54) is 0 Å². The highest BCUT2D eigenvalue weighted by molar-refractivity contribution is 5.70. The van der Waals surface area contributed by atoms with Gasteiger partial charge >= 0.3 is 12.2 Å². The quantitative estimate of drug-likeness (QED) is 0.682. The monoisotopic (exact) mass is 336 g/mol. The molecule has 0 unspecified atom stereocenters. The van der Waals surface area contributed by atoms with Gasteiger partial charge in [-0.25, -0.2) is 18.4 Å². The molecule has 0 radical (unpaired) electrons. The SMILES string of the molecule is CC(C)(C)OC(=O)N1CCN(C(=O)OC(C)(C)C)CC(F)(F)C1. The number of halogens is 2. The van der Waals surface area contributed by atoms with Gasteiger partial charge in [0.25, 0.3) is 5.92 Å². The lowest BCUT2D eigenvalue weighted by molar-refractivity contribution is -0.0478. The van der Waals surface area contributed by atoms with Crippen molar-refractivity contribution < 1.29 is 27.8 Å². The van der Waals surface area contributed by atoms with Crippen molar-refractivity contribution in [1.29, 1.82) is 0 Å². The van der Waals surface area contributed by atoms with E-state index in [1.807, 2.05) is 0 Å². The van der Waals surface area contributed by atoms with Crippen LogP contribution in [0.2, 0.25) is 0 Å². The number of hydrogen-bond acceptors (Lipinski definition) is 4. The van der Waals surface area contributed by atoms with E-state index in [4.69, 9.17) is 9.47 Å². The van der Waals surface area contributed by atoms with Gasteiger partial charge < -0.3 is 19.3 Å². The van der Waals surface area contributed by atoms with Crippen LogP contribution >= 0.6 is 0 Å². The normalized spacial score (nSPS) is 19.1. The Hall–Kier alpha value is -1.60. The maximum absolute atomic E-state index is 14.1. The Bertz CT molecular complexity index is 415.